The number of hydrogen-bond acceptors (Lipinski definition) is 11. The summed E-state index contributed by atoms with van der Waals surface area (Å²) in [5.74, 6) is -2.57. The summed E-state index contributed by atoms with van der Waals surface area (Å²) in [7, 11) is 0. The van der Waals surface area contributed by atoms with Crippen LogP contribution >= 0.6 is 0 Å². The molecule has 2 aliphatic heterocycles. The van der Waals surface area contributed by atoms with Gasteiger partial charge in [-0.2, -0.15) is 0 Å². The average Bonchev–Trinajstić information content (AvgIpc) is 3.11. The van der Waals surface area contributed by atoms with Crippen molar-refractivity contribution in [2.45, 2.75) is 113 Å². The van der Waals surface area contributed by atoms with Crippen molar-refractivity contribution in [2.24, 2.45) is 0 Å². The van der Waals surface area contributed by atoms with Gasteiger partial charge in [0.25, 0.3) is 0 Å². The number of aliphatic carboxylic acids is 1. The summed E-state index contributed by atoms with van der Waals surface area (Å²) < 4.78 is 11.4. The average molecular weight is 504 g/mol. The molecule has 3 aliphatic rings. The Kier molecular flexibility index (Phi) is 9.43. The van der Waals surface area contributed by atoms with E-state index in [-0.39, 0.29) is 25.8 Å². The molecule has 0 aromatic heterocycles. The number of β-amino-alcohol motifs (C(OH)–C–C–N with tert-alkyl or cyclic N) is 1. The maximum Gasteiger partial charge on any atom is 0.245 e. The second-order valence-electron chi connectivity index (χ2n) is 9.53. The van der Waals surface area contributed by atoms with Crippen LogP contribution in [0.2, 0.25) is 0 Å². The van der Waals surface area contributed by atoms with Crippen LogP contribution in [-0.4, -0.2) is 116 Å². The first-order valence-corrected chi connectivity index (χ1v) is 12.0. The van der Waals surface area contributed by atoms with Crippen molar-refractivity contribution >= 4 is 17.8 Å². The number of carbonyl (C=O) groups is 3. The van der Waals surface area contributed by atoms with E-state index < -0.39 is 78.9 Å². The standard InChI is InChI=1S/C22H36N2O11/c1-10-17(29)19(31)20(32)22(34-10)35-13-6-3-2-5-11(13)23-21(33)16-18(30)12(25)9-24(16)14(26)7-4-8-15(27)28/h10-13,16-20,22,25,29-32H,2-9H2,1H3,(H,23,33)(H,27,28)/p-1/t10-,11+,12-,13+,16-,17+,18-,19?,20?,22-/m0/s1. The molecule has 0 aromatic rings. The highest BCUT2D eigenvalue weighted by molar-refractivity contribution is 5.89. The lowest BCUT2D eigenvalue weighted by Crippen LogP contribution is -2.60. The smallest absolute Gasteiger partial charge is 0.245 e. The molecule has 0 radical (unpaired) electrons. The van der Waals surface area contributed by atoms with Crippen LogP contribution in [-0.2, 0) is 23.9 Å². The van der Waals surface area contributed by atoms with E-state index in [1.807, 2.05) is 0 Å². The Balaban J connectivity index is 1.65. The number of rotatable bonds is 8. The molecular weight excluding hydrogens is 468 g/mol. The minimum atomic E-state index is -1.52. The number of aliphatic hydroxyl groups excluding tert-OH is 5. The van der Waals surface area contributed by atoms with Gasteiger partial charge in [-0.3, -0.25) is 9.59 Å². The summed E-state index contributed by atoms with van der Waals surface area (Å²) in [5.41, 5.74) is 0. The van der Waals surface area contributed by atoms with Crippen LogP contribution in [0.1, 0.15) is 51.9 Å². The molecule has 3 fully saturated rings. The number of carboxylic acids is 1. The van der Waals surface area contributed by atoms with E-state index in [1.165, 1.54) is 6.92 Å². The number of nitrogens with one attached hydrogen (secondary N) is 1. The third-order valence-corrected chi connectivity index (χ3v) is 6.95. The van der Waals surface area contributed by atoms with Crippen molar-refractivity contribution < 1.29 is 54.5 Å². The van der Waals surface area contributed by atoms with Gasteiger partial charge in [0.1, 0.15) is 30.5 Å². The predicted molar refractivity (Wildman–Crippen MR) is 114 cm³/mol. The van der Waals surface area contributed by atoms with Crippen LogP contribution < -0.4 is 10.4 Å². The molecule has 200 valence electrons. The maximum absolute atomic E-state index is 13.1. The number of aliphatic hydroxyl groups is 5. The van der Waals surface area contributed by atoms with E-state index in [1.54, 1.807) is 0 Å². The van der Waals surface area contributed by atoms with Crippen LogP contribution in [0.25, 0.3) is 0 Å². The molecule has 2 saturated heterocycles. The van der Waals surface area contributed by atoms with Crippen molar-refractivity contribution in [1.29, 1.82) is 0 Å². The molecule has 0 bridgehead atoms. The van der Waals surface area contributed by atoms with Gasteiger partial charge in [-0.15, -0.1) is 0 Å². The number of ether oxygens (including phenoxy) is 2. The van der Waals surface area contributed by atoms with Gasteiger partial charge in [-0.05, 0) is 32.6 Å². The van der Waals surface area contributed by atoms with E-state index in [4.69, 9.17) is 9.47 Å². The van der Waals surface area contributed by atoms with Crippen LogP contribution in [0, 0.1) is 0 Å². The molecule has 3 rings (SSSR count). The normalized spacial score (nSPS) is 39.9. The molecule has 10 atom stereocenters. The van der Waals surface area contributed by atoms with E-state index in [9.17, 15) is 45.0 Å². The third-order valence-electron chi connectivity index (χ3n) is 6.95. The Morgan fingerprint density at radius 1 is 1.00 bits per heavy atom. The second kappa shape index (κ2) is 11.9. The number of carbonyl (C=O) groups excluding carboxylic acids is 3. The molecule has 1 saturated carbocycles. The summed E-state index contributed by atoms with van der Waals surface area (Å²) in [6.07, 6.45) is -7.71. The van der Waals surface area contributed by atoms with Gasteiger partial charge in [0.2, 0.25) is 11.8 Å². The first-order valence-electron chi connectivity index (χ1n) is 12.0. The lowest BCUT2D eigenvalue weighted by molar-refractivity contribution is -0.307. The SMILES string of the molecule is C[C@@H]1O[C@@H](O[C@@H]2CCCC[C@H]2NC(=O)[C@@H]2[C@@H](O)[C@@H](O)CN2C(=O)CCCC(=O)[O-])C(O)C(O)[C@@H]1O. The van der Waals surface area contributed by atoms with Gasteiger partial charge in [0.05, 0.1) is 30.9 Å². The van der Waals surface area contributed by atoms with E-state index in [0.29, 0.717) is 12.8 Å². The second-order valence-corrected chi connectivity index (χ2v) is 9.53. The van der Waals surface area contributed by atoms with Crippen LogP contribution in [0.3, 0.4) is 0 Å². The number of nitrogens with zero attached hydrogens (tertiary/aromatic N) is 1. The summed E-state index contributed by atoms with van der Waals surface area (Å²) in [5, 5.41) is 64.0. The Bertz CT molecular complexity index is 768. The van der Waals surface area contributed by atoms with Gasteiger partial charge in [0.15, 0.2) is 6.29 Å². The number of amides is 2. The van der Waals surface area contributed by atoms with Crippen molar-refractivity contribution in [1.82, 2.24) is 10.2 Å². The quantitative estimate of drug-likeness (QED) is 0.189. The highest BCUT2D eigenvalue weighted by Crippen LogP contribution is 2.29. The van der Waals surface area contributed by atoms with Crippen LogP contribution in [0.15, 0.2) is 0 Å². The Labute approximate surface area is 202 Å². The molecule has 1 aliphatic carbocycles. The summed E-state index contributed by atoms with van der Waals surface area (Å²) >= 11 is 0. The molecule has 35 heavy (non-hydrogen) atoms. The Hall–Kier alpha value is -1.87. The molecular formula is C22H35N2O11-. The van der Waals surface area contributed by atoms with Crippen molar-refractivity contribution in [3.8, 4) is 0 Å². The zero-order valence-corrected chi connectivity index (χ0v) is 19.6. The lowest BCUT2D eigenvalue weighted by Gasteiger charge is -2.42. The van der Waals surface area contributed by atoms with E-state index in [2.05, 4.69) is 5.32 Å². The Morgan fingerprint density at radius 3 is 2.37 bits per heavy atom. The van der Waals surface area contributed by atoms with Crippen LogP contribution in [0.4, 0.5) is 0 Å². The maximum atomic E-state index is 13.1. The van der Waals surface area contributed by atoms with Crippen molar-refractivity contribution in [2.75, 3.05) is 6.54 Å². The zero-order valence-electron chi connectivity index (χ0n) is 19.6. The molecule has 2 amide bonds. The van der Waals surface area contributed by atoms with Gasteiger partial charge in [-0.1, -0.05) is 12.8 Å². The predicted octanol–water partition coefficient (Wildman–Crippen LogP) is -3.89. The topological polar surface area (TPSA) is 209 Å². The van der Waals surface area contributed by atoms with E-state index >= 15 is 0 Å². The van der Waals surface area contributed by atoms with Crippen molar-refractivity contribution in [3.05, 3.63) is 0 Å². The first-order chi connectivity index (χ1) is 16.5. The number of hydrogen-bond donors (Lipinski definition) is 6. The number of carboxylic acid groups (broad SMARTS) is 1. The van der Waals surface area contributed by atoms with Gasteiger partial charge >= 0.3 is 0 Å². The minimum absolute atomic E-state index is 0.000574. The molecule has 0 aromatic carbocycles. The minimum Gasteiger partial charge on any atom is -0.550 e. The molecule has 2 heterocycles. The fraction of sp³-hybridized carbons (Fsp3) is 0.864. The molecule has 6 N–H and O–H groups in total. The molecule has 2 unspecified atom stereocenters. The highest BCUT2D eigenvalue weighted by Gasteiger charge is 2.48. The fourth-order valence-electron chi connectivity index (χ4n) is 4.89. The number of likely N-dealkylation sites (tertiary alicyclic amines) is 1. The lowest BCUT2D eigenvalue weighted by atomic mass is 9.91. The first kappa shape index (κ1) is 27.7. The summed E-state index contributed by atoms with van der Waals surface area (Å²) in [6, 6.07) is -1.93. The summed E-state index contributed by atoms with van der Waals surface area (Å²) in [4.78, 5) is 37.4. The third kappa shape index (κ3) is 6.47. The van der Waals surface area contributed by atoms with Gasteiger partial charge in [0, 0.05) is 12.4 Å². The zero-order chi connectivity index (χ0) is 25.9. The van der Waals surface area contributed by atoms with E-state index in [0.717, 1.165) is 17.7 Å². The Morgan fingerprint density at radius 2 is 1.69 bits per heavy atom. The molecule has 13 nitrogen and oxygen atoms in total. The monoisotopic (exact) mass is 503 g/mol. The molecule has 13 heteroatoms. The highest BCUT2D eigenvalue weighted by atomic mass is 16.7. The van der Waals surface area contributed by atoms with Crippen LogP contribution in [0.5, 0.6) is 0 Å². The largest absolute Gasteiger partial charge is 0.550 e. The van der Waals surface area contributed by atoms with Crippen molar-refractivity contribution in [3.63, 3.8) is 0 Å². The molecule has 0 spiro atoms. The van der Waals surface area contributed by atoms with Gasteiger partial charge < -0.3 is 55.1 Å². The fourth-order valence-corrected chi connectivity index (χ4v) is 4.89. The van der Waals surface area contributed by atoms with Gasteiger partial charge in [-0.25, -0.2) is 0 Å². The summed E-state index contributed by atoms with van der Waals surface area (Å²) in [6.45, 7) is 1.26.